The Bertz CT molecular complexity index is 433. The average Bonchev–Trinajstić information content (AvgIpc) is 2.11. The number of aromatic hydroxyl groups is 2. The molecule has 0 saturated carbocycles. The van der Waals surface area contributed by atoms with Gasteiger partial charge in [0.25, 0.3) is 0 Å². The van der Waals surface area contributed by atoms with E-state index in [1.807, 2.05) is 6.92 Å². The SMILES string of the molecule is CC(NC(C)(C)CC(C)(C)C)c1ccc(O)cc1O. The van der Waals surface area contributed by atoms with E-state index in [1.165, 1.54) is 6.07 Å². The van der Waals surface area contributed by atoms with Crippen LogP contribution in [0.1, 0.15) is 59.6 Å². The van der Waals surface area contributed by atoms with Gasteiger partial charge in [-0.05, 0) is 38.7 Å². The second-order valence-corrected chi connectivity index (χ2v) is 7.23. The zero-order valence-electron chi connectivity index (χ0n) is 12.9. The summed E-state index contributed by atoms with van der Waals surface area (Å²) in [7, 11) is 0. The summed E-state index contributed by atoms with van der Waals surface area (Å²) in [5.41, 5.74) is 1.02. The largest absolute Gasteiger partial charge is 0.508 e. The second kappa shape index (κ2) is 5.41. The summed E-state index contributed by atoms with van der Waals surface area (Å²) in [6.45, 7) is 13.0. The summed E-state index contributed by atoms with van der Waals surface area (Å²) in [6.07, 6.45) is 1.03. The molecular formula is C16H27NO2. The summed E-state index contributed by atoms with van der Waals surface area (Å²) in [4.78, 5) is 0. The van der Waals surface area contributed by atoms with Crippen LogP contribution in [0.4, 0.5) is 0 Å². The van der Waals surface area contributed by atoms with Crippen molar-refractivity contribution in [1.29, 1.82) is 0 Å². The Morgan fingerprint density at radius 2 is 1.68 bits per heavy atom. The van der Waals surface area contributed by atoms with Gasteiger partial charge in [-0.2, -0.15) is 0 Å². The molecule has 0 aliphatic heterocycles. The van der Waals surface area contributed by atoms with Crippen LogP contribution in [-0.2, 0) is 0 Å². The topological polar surface area (TPSA) is 52.5 Å². The van der Waals surface area contributed by atoms with Crippen LogP contribution in [0.25, 0.3) is 0 Å². The highest BCUT2D eigenvalue weighted by molar-refractivity contribution is 5.40. The standard InChI is InChI=1S/C16H27NO2/c1-11(13-8-7-12(18)9-14(13)19)17-16(5,6)10-15(2,3)4/h7-9,11,17-19H,10H2,1-6H3. The minimum Gasteiger partial charge on any atom is -0.508 e. The molecule has 1 aromatic carbocycles. The third-order valence-electron chi connectivity index (χ3n) is 3.06. The fraction of sp³-hybridized carbons (Fsp3) is 0.625. The normalized spacial score (nSPS) is 14.4. The fourth-order valence-corrected chi connectivity index (χ4v) is 2.94. The number of phenols is 2. The molecule has 3 N–H and O–H groups in total. The van der Waals surface area contributed by atoms with E-state index < -0.39 is 0 Å². The van der Waals surface area contributed by atoms with Crippen LogP contribution in [0.3, 0.4) is 0 Å². The molecular weight excluding hydrogens is 238 g/mol. The van der Waals surface area contributed by atoms with Gasteiger partial charge in [-0.3, -0.25) is 0 Å². The molecule has 0 aliphatic rings. The summed E-state index contributed by atoms with van der Waals surface area (Å²) < 4.78 is 0. The van der Waals surface area contributed by atoms with Crippen molar-refractivity contribution >= 4 is 0 Å². The monoisotopic (exact) mass is 265 g/mol. The van der Waals surface area contributed by atoms with Gasteiger partial charge in [0.15, 0.2) is 0 Å². The highest BCUT2D eigenvalue weighted by atomic mass is 16.3. The van der Waals surface area contributed by atoms with E-state index in [1.54, 1.807) is 12.1 Å². The quantitative estimate of drug-likeness (QED) is 0.772. The van der Waals surface area contributed by atoms with Crippen LogP contribution in [0.15, 0.2) is 18.2 Å². The molecule has 3 nitrogen and oxygen atoms in total. The molecule has 0 bridgehead atoms. The molecule has 19 heavy (non-hydrogen) atoms. The maximum Gasteiger partial charge on any atom is 0.124 e. The lowest BCUT2D eigenvalue weighted by Gasteiger charge is -2.36. The van der Waals surface area contributed by atoms with Gasteiger partial charge in [-0.15, -0.1) is 0 Å². The minimum absolute atomic E-state index is 0.0258. The number of rotatable bonds is 4. The Balaban J connectivity index is 2.81. The number of benzene rings is 1. The predicted octanol–water partition coefficient (Wildman–Crippen LogP) is 3.96. The summed E-state index contributed by atoms with van der Waals surface area (Å²) in [5, 5.41) is 22.8. The van der Waals surface area contributed by atoms with E-state index in [2.05, 4.69) is 39.9 Å². The lowest BCUT2D eigenvalue weighted by Crippen LogP contribution is -2.43. The first-order chi connectivity index (χ1) is 8.50. The first-order valence-corrected chi connectivity index (χ1v) is 6.80. The molecule has 108 valence electrons. The Morgan fingerprint density at radius 1 is 1.11 bits per heavy atom. The van der Waals surface area contributed by atoms with Gasteiger partial charge in [-0.1, -0.05) is 26.8 Å². The third-order valence-corrected chi connectivity index (χ3v) is 3.06. The molecule has 0 radical (unpaired) electrons. The molecule has 3 heteroatoms. The van der Waals surface area contributed by atoms with E-state index in [0.717, 1.165) is 12.0 Å². The summed E-state index contributed by atoms with van der Waals surface area (Å²) >= 11 is 0. The second-order valence-electron chi connectivity index (χ2n) is 7.23. The number of hydrogen-bond donors (Lipinski definition) is 3. The molecule has 0 heterocycles. The van der Waals surface area contributed by atoms with Gasteiger partial charge in [0.05, 0.1) is 0 Å². The van der Waals surface area contributed by atoms with Crippen molar-refractivity contribution in [2.45, 2.75) is 59.5 Å². The summed E-state index contributed by atoms with van der Waals surface area (Å²) in [6, 6.07) is 4.77. The maximum atomic E-state index is 9.89. The van der Waals surface area contributed by atoms with E-state index >= 15 is 0 Å². The van der Waals surface area contributed by atoms with Crippen molar-refractivity contribution in [2.24, 2.45) is 5.41 Å². The molecule has 0 fully saturated rings. The number of phenolic OH excluding ortho intramolecular Hbond substituents is 2. The lowest BCUT2D eigenvalue weighted by molar-refractivity contribution is 0.225. The highest BCUT2D eigenvalue weighted by Gasteiger charge is 2.27. The smallest absolute Gasteiger partial charge is 0.124 e. The molecule has 0 aliphatic carbocycles. The van der Waals surface area contributed by atoms with Gasteiger partial charge >= 0.3 is 0 Å². The summed E-state index contributed by atoms with van der Waals surface area (Å²) in [5.74, 6) is 0.217. The van der Waals surface area contributed by atoms with E-state index in [-0.39, 0.29) is 28.5 Å². The van der Waals surface area contributed by atoms with Crippen molar-refractivity contribution in [3.63, 3.8) is 0 Å². The van der Waals surface area contributed by atoms with Crippen LogP contribution < -0.4 is 5.32 Å². The average molecular weight is 265 g/mol. The third kappa shape index (κ3) is 5.11. The van der Waals surface area contributed by atoms with Gasteiger partial charge in [0, 0.05) is 23.2 Å². The lowest BCUT2D eigenvalue weighted by atomic mass is 9.81. The maximum absolute atomic E-state index is 9.89. The van der Waals surface area contributed by atoms with Crippen molar-refractivity contribution < 1.29 is 10.2 Å². The van der Waals surface area contributed by atoms with Crippen molar-refractivity contribution in [1.82, 2.24) is 5.32 Å². The van der Waals surface area contributed by atoms with Crippen molar-refractivity contribution in [3.05, 3.63) is 23.8 Å². The van der Waals surface area contributed by atoms with Crippen molar-refractivity contribution in [3.8, 4) is 11.5 Å². The Kier molecular flexibility index (Phi) is 4.51. The molecule has 0 saturated heterocycles. The number of hydrogen-bond acceptors (Lipinski definition) is 3. The Labute approximate surface area is 116 Å². The van der Waals surface area contributed by atoms with E-state index in [0.29, 0.717) is 0 Å². The predicted molar refractivity (Wildman–Crippen MR) is 79.5 cm³/mol. The molecule has 1 unspecified atom stereocenters. The highest BCUT2D eigenvalue weighted by Crippen LogP contribution is 2.32. The van der Waals surface area contributed by atoms with Crippen LogP contribution in [-0.4, -0.2) is 15.8 Å². The van der Waals surface area contributed by atoms with Gasteiger partial charge in [0.1, 0.15) is 11.5 Å². The molecule has 0 spiro atoms. The van der Waals surface area contributed by atoms with E-state index in [9.17, 15) is 10.2 Å². The first kappa shape index (κ1) is 15.8. The van der Waals surface area contributed by atoms with E-state index in [4.69, 9.17) is 0 Å². The van der Waals surface area contributed by atoms with Gasteiger partial charge in [0.2, 0.25) is 0 Å². The zero-order valence-corrected chi connectivity index (χ0v) is 12.9. The Hall–Kier alpha value is -1.22. The molecule has 0 amide bonds. The molecule has 1 aromatic rings. The van der Waals surface area contributed by atoms with Crippen LogP contribution in [0.2, 0.25) is 0 Å². The number of nitrogens with one attached hydrogen (secondary N) is 1. The minimum atomic E-state index is -0.0258. The van der Waals surface area contributed by atoms with Crippen molar-refractivity contribution in [2.75, 3.05) is 0 Å². The van der Waals surface area contributed by atoms with Crippen LogP contribution in [0, 0.1) is 5.41 Å². The van der Waals surface area contributed by atoms with Gasteiger partial charge < -0.3 is 15.5 Å². The van der Waals surface area contributed by atoms with Crippen LogP contribution >= 0.6 is 0 Å². The zero-order chi connectivity index (χ0) is 14.8. The first-order valence-electron chi connectivity index (χ1n) is 6.80. The molecule has 1 atom stereocenters. The van der Waals surface area contributed by atoms with Crippen LogP contribution in [0.5, 0.6) is 11.5 Å². The molecule has 1 rings (SSSR count). The Morgan fingerprint density at radius 3 is 2.16 bits per heavy atom. The molecule has 0 aromatic heterocycles. The van der Waals surface area contributed by atoms with Gasteiger partial charge in [-0.25, -0.2) is 0 Å². The fourth-order valence-electron chi connectivity index (χ4n) is 2.94.